The summed E-state index contributed by atoms with van der Waals surface area (Å²) in [5.74, 6) is 0.776. The fourth-order valence-electron chi connectivity index (χ4n) is 1.40. The number of carbonyl (C=O) groups excluding carboxylic acids is 1. The number of amides is 1. The van der Waals surface area contributed by atoms with Gasteiger partial charge in [-0.2, -0.15) is 0 Å². The van der Waals surface area contributed by atoms with Gasteiger partial charge in [0, 0.05) is 13.0 Å². The van der Waals surface area contributed by atoms with Gasteiger partial charge in [0.05, 0.1) is 12.7 Å². The third-order valence-electron chi connectivity index (χ3n) is 2.57. The van der Waals surface area contributed by atoms with Crippen LogP contribution in [0.5, 0.6) is 5.75 Å². The van der Waals surface area contributed by atoms with Crippen molar-refractivity contribution in [3.05, 3.63) is 30.3 Å². The lowest BCUT2D eigenvalue weighted by Gasteiger charge is -2.09. The minimum atomic E-state index is -0.450. The lowest BCUT2D eigenvalue weighted by molar-refractivity contribution is -0.121. The quantitative estimate of drug-likeness (QED) is 0.692. The monoisotopic (exact) mass is 251 g/mol. The van der Waals surface area contributed by atoms with E-state index >= 15 is 0 Å². The van der Waals surface area contributed by atoms with Crippen LogP contribution in [0.15, 0.2) is 30.3 Å². The summed E-state index contributed by atoms with van der Waals surface area (Å²) in [6, 6.07) is 9.52. The summed E-state index contributed by atoms with van der Waals surface area (Å²) in [5, 5.41) is 12.0. The molecule has 0 spiro atoms. The average Bonchev–Trinajstić information content (AvgIpc) is 2.42. The molecule has 0 aliphatic heterocycles. The fraction of sp³-hybridized carbons (Fsp3) is 0.500. The summed E-state index contributed by atoms with van der Waals surface area (Å²) >= 11 is 0. The predicted octanol–water partition coefficient (Wildman–Crippen LogP) is 1.73. The first kappa shape index (κ1) is 14.5. The number of aliphatic hydroxyl groups excluding tert-OH is 1. The first-order valence-electron chi connectivity index (χ1n) is 6.35. The number of ether oxygens (including phenoxy) is 1. The third kappa shape index (κ3) is 6.25. The molecule has 0 aromatic heterocycles. The van der Waals surface area contributed by atoms with Gasteiger partial charge in [-0.3, -0.25) is 4.79 Å². The van der Waals surface area contributed by atoms with Gasteiger partial charge in [0.15, 0.2) is 0 Å². The Hall–Kier alpha value is -1.55. The van der Waals surface area contributed by atoms with E-state index in [0.717, 1.165) is 5.75 Å². The second kappa shape index (κ2) is 8.53. The van der Waals surface area contributed by atoms with Gasteiger partial charge in [0.2, 0.25) is 5.91 Å². The van der Waals surface area contributed by atoms with Crippen LogP contribution in [0.4, 0.5) is 0 Å². The van der Waals surface area contributed by atoms with Crippen molar-refractivity contribution in [2.75, 3.05) is 13.2 Å². The van der Waals surface area contributed by atoms with Crippen LogP contribution in [0.3, 0.4) is 0 Å². The number of hydrogen-bond acceptors (Lipinski definition) is 3. The fourth-order valence-corrected chi connectivity index (χ4v) is 1.40. The van der Waals surface area contributed by atoms with Gasteiger partial charge in [-0.05, 0) is 25.0 Å². The van der Waals surface area contributed by atoms with E-state index in [1.165, 1.54) is 0 Å². The van der Waals surface area contributed by atoms with Crippen molar-refractivity contribution < 1.29 is 14.6 Å². The topological polar surface area (TPSA) is 58.6 Å². The van der Waals surface area contributed by atoms with Gasteiger partial charge >= 0.3 is 0 Å². The van der Waals surface area contributed by atoms with Crippen molar-refractivity contribution in [1.29, 1.82) is 0 Å². The predicted molar refractivity (Wildman–Crippen MR) is 70.5 cm³/mol. The van der Waals surface area contributed by atoms with Gasteiger partial charge in [0.25, 0.3) is 0 Å². The van der Waals surface area contributed by atoms with E-state index in [1.807, 2.05) is 37.3 Å². The molecule has 0 saturated heterocycles. The van der Waals surface area contributed by atoms with Gasteiger partial charge in [-0.1, -0.05) is 25.1 Å². The largest absolute Gasteiger partial charge is 0.494 e. The van der Waals surface area contributed by atoms with Crippen LogP contribution >= 0.6 is 0 Å². The molecule has 0 aliphatic carbocycles. The molecule has 4 nitrogen and oxygen atoms in total. The highest BCUT2D eigenvalue weighted by atomic mass is 16.5. The average molecular weight is 251 g/mol. The molecule has 1 aromatic carbocycles. The van der Waals surface area contributed by atoms with Crippen LogP contribution in [-0.2, 0) is 4.79 Å². The smallest absolute Gasteiger partial charge is 0.220 e. The number of para-hydroxylation sites is 1. The molecule has 0 aliphatic rings. The van der Waals surface area contributed by atoms with Crippen molar-refractivity contribution in [3.63, 3.8) is 0 Å². The Morgan fingerprint density at radius 1 is 1.39 bits per heavy atom. The van der Waals surface area contributed by atoms with Crippen LogP contribution in [-0.4, -0.2) is 30.3 Å². The molecule has 0 radical (unpaired) electrons. The molecule has 0 heterocycles. The first-order valence-corrected chi connectivity index (χ1v) is 6.35. The minimum Gasteiger partial charge on any atom is -0.494 e. The summed E-state index contributed by atoms with van der Waals surface area (Å²) in [4.78, 5) is 11.4. The number of aliphatic hydroxyl groups is 1. The van der Waals surface area contributed by atoms with Crippen LogP contribution < -0.4 is 10.1 Å². The summed E-state index contributed by atoms with van der Waals surface area (Å²) < 4.78 is 5.47. The Morgan fingerprint density at radius 3 is 2.78 bits per heavy atom. The molecule has 1 unspecified atom stereocenters. The molecule has 1 atom stereocenters. The van der Waals surface area contributed by atoms with E-state index in [-0.39, 0.29) is 5.91 Å². The normalized spacial score (nSPS) is 11.9. The Labute approximate surface area is 108 Å². The molecular formula is C14H21NO3. The number of nitrogens with one attached hydrogen (secondary N) is 1. The van der Waals surface area contributed by atoms with Gasteiger partial charge in [-0.25, -0.2) is 0 Å². The van der Waals surface area contributed by atoms with E-state index in [9.17, 15) is 9.90 Å². The SMILES string of the molecule is CCC(O)CNC(=O)CCCOc1ccccc1. The third-order valence-corrected chi connectivity index (χ3v) is 2.57. The maximum Gasteiger partial charge on any atom is 0.220 e. The zero-order valence-electron chi connectivity index (χ0n) is 10.8. The van der Waals surface area contributed by atoms with Crippen LogP contribution in [0.25, 0.3) is 0 Å². The standard InChI is InChI=1S/C14H21NO3/c1-2-12(16)11-15-14(17)9-6-10-18-13-7-4-3-5-8-13/h3-5,7-8,12,16H,2,6,9-11H2,1H3,(H,15,17). The lowest BCUT2D eigenvalue weighted by atomic mass is 10.2. The van der Waals surface area contributed by atoms with Crippen molar-refractivity contribution in [2.45, 2.75) is 32.3 Å². The molecule has 4 heteroatoms. The molecule has 18 heavy (non-hydrogen) atoms. The van der Waals surface area contributed by atoms with E-state index < -0.39 is 6.10 Å². The van der Waals surface area contributed by atoms with E-state index in [4.69, 9.17) is 4.74 Å². The van der Waals surface area contributed by atoms with Crippen molar-refractivity contribution in [3.8, 4) is 5.75 Å². The molecule has 0 saturated carbocycles. The summed E-state index contributed by atoms with van der Waals surface area (Å²) in [6.45, 7) is 2.73. The number of rotatable bonds is 8. The zero-order valence-corrected chi connectivity index (χ0v) is 10.8. The molecule has 0 fully saturated rings. The molecule has 100 valence electrons. The van der Waals surface area contributed by atoms with Gasteiger partial charge in [-0.15, -0.1) is 0 Å². The highest BCUT2D eigenvalue weighted by molar-refractivity contribution is 5.75. The Morgan fingerprint density at radius 2 is 2.11 bits per heavy atom. The summed E-state index contributed by atoms with van der Waals surface area (Å²) in [7, 11) is 0. The Balaban J connectivity index is 2.05. The summed E-state index contributed by atoms with van der Waals surface area (Å²) in [5.41, 5.74) is 0. The highest BCUT2D eigenvalue weighted by Gasteiger charge is 2.04. The second-order valence-corrected chi connectivity index (χ2v) is 4.13. The highest BCUT2D eigenvalue weighted by Crippen LogP contribution is 2.08. The van der Waals surface area contributed by atoms with Crippen molar-refractivity contribution in [1.82, 2.24) is 5.32 Å². The van der Waals surface area contributed by atoms with Gasteiger partial charge < -0.3 is 15.2 Å². The number of hydrogen-bond donors (Lipinski definition) is 2. The second-order valence-electron chi connectivity index (χ2n) is 4.13. The van der Waals surface area contributed by atoms with Crippen molar-refractivity contribution >= 4 is 5.91 Å². The summed E-state index contributed by atoms with van der Waals surface area (Å²) in [6.07, 6.45) is 1.29. The Kier molecular flexibility index (Phi) is 6.87. The number of benzene rings is 1. The molecule has 1 rings (SSSR count). The molecule has 1 amide bonds. The molecular weight excluding hydrogens is 230 g/mol. The maximum atomic E-state index is 11.4. The van der Waals surface area contributed by atoms with Gasteiger partial charge in [0.1, 0.15) is 5.75 Å². The minimum absolute atomic E-state index is 0.0424. The molecule has 0 bridgehead atoms. The van der Waals surface area contributed by atoms with E-state index in [1.54, 1.807) is 0 Å². The Bertz CT molecular complexity index is 340. The lowest BCUT2D eigenvalue weighted by Crippen LogP contribution is -2.31. The van der Waals surface area contributed by atoms with E-state index in [2.05, 4.69) is 5.32 Å². The van der Waals surface area contributed by atoms with E-state index in [0.29, 0.717) is 32.4 Å². The zero-order chi connectivity index (χ0) is 13.2. The maximum absolute atomic E-state index is 11.4. The van der Waals surface area contributed by atoms with Crippen molar-refractivity contribution in [2.24, 2.45) is 0 Å². The number of carbonyl (C=O) groups is 1. The molecule has 2 N–H and O–H groups in total. The molecule has 1 aromatic rings. The van der Waals surface area contributed by atoms with Crippen LogP contribution in [0, 0.1) is 0 Å². The first-order chi connectivity index (χ1) is 8.72. The van der Waals surface area contributed by atoms with Crippen LogP contribution in [0.2, 0.25) is 0 Å². The van der Waals surface area contributed by atoms with Crippen LogP contribution in [0.1, 0.15) is 26.2 Å².